The Morgan fingerprint density at radius 3 is 2.27 bits per heavy atom. The van der Waals surface area contributed by atoms with Gasteiger partial charge in [0.25, 0.3) is 0 Å². The van der Waals surface area contributed by atoms with Crippen molar-refractivity contribution in [2.45, 2.75) is 20.0 Å². The van der Waals surface area contributed by atoms with Crippen LogP contribution >= 0.6 is 0 Å². The molecule has 0 bridgehead atoms. The average molecular weight is 546 g/mol. The molecule has 5 aromatic rings. The number of benzene rings is 4. The van der Waals surface area contributed by atoms with Crippen molar-refractivity contribution in [1.29, 1.82) is 0 Å². The molecule has 3 N–H and O–H groups in total. The number of alkyl halides is 3. The lowest BCUT2D eigenvalue weighted by Gasteiger charge is -2.12. The van der Waals surface area contributed by atoms with Gasteiger partial charge in [0.05, 0.1) is 16.6 Å². The van der Waals surface area contributed by atoms with Crippen molar-refractivity contribution < 1.29 is 33.3 Å². The number of phenolic OH excluding ortho intramolecular Hbond substituents is 1. The van der Waals surface area contributed by atoms with E-state index in [0.29, 0.717) is 22.0 Å². The summed E-state index contributed by atoms with van der Waals surface area (Å²) in [6, 6.07) is 18.8. The van der Waals surface area contributed by atoms with Gasteiger partial charge in [-0.1, -0.05) is 30.3 Å². The molecule has 5 rings (SSSR count). The van der Waals surface area contributed by atoms with E-state index in [9.17, 15) is 33.3 Å². The zero-order valence-electron chi connectivity index (χ0n) is 21.2. The van der Waals surface area contributed by atoms with Crippen LogP contribution < -0.4 is 0 Å². The Hall–Kier alpha value is -5.12. The molecule has 0 fully saturated rings. The van der Waals surface area contributed by atoms with Gasteiger partial charge in [-0.3, -0.25) is 4.57 Å². The number of aromatic hydroxyl groups is 2. The summed E-state index contributed by atoms with van der Waals surface area (Å²) in [5, 5.41) is 40.3. The number of nitrogens with zero attached hydrogens (tertiary/aromatic N) is 3. The SMILES string of the molecule is Cc1cc2c(N=Nc3cccc(-c4cccc(C(=O)O)c4)c3O)c(O)n(-c3cccc(C(F)(F)F)c3)c2cc1C. The molecule has 10 heteroatoms. The Balaban J connectivity index is 1.65. The molecular weight excluding hydrogens is 523 g/mol. The number of para-hydroxylation sites is 1. The number of fused-ring (bicyclic) bond motifs is 1. The second-order valence-electron chi connectivity index (χ2n) is 9.27. The molecule has 202 valence electrons. The third-order valence-electron chi connectivity index (χ3n) is 6.66. The minimum atomic E-state index is -4.57. The van der Waals surface area contributed by atoms with Gasteiger partial charge in [-0.05, 0) is 79.1 Å². The number of hydrogen-bond acceptors (Lipinski definition) is 5. The highest BCUT2D eigenvalue weighted by Gasteiger charge is 2.31. The number of aromatic nitrogens is 1. The van der Waals surface area contributed by atoms with E-state index in [-0.39, 0.29) is 28.4 Å². The summed E-state index contributed by atoms with van der Waals surface area (Å²) >= 11 is 0. The van der Waals surface area contributed by atoms with Crippen LogP contribution in [0.25, 0.3) is 27.7 Å². The van der Waals surface area contributed by atoms with Gasteiger partial charge in [-0.2, -0.15) is 13.2 Å². The number of hydrogen-bond donors (Lipinski definition) is 3. The lowest BCUT2D eigenvalue weighted by atomic mass is 10.0. The normalized spacial score (nSPS) is 11.9. The van der Waals surface area contributed by atoms with E-state index in [4.69, 9.17) is 0 Å². The van der Waals surface area contributed by atoms with Crippen LogP contribution in [0.15, 0.2) is 89.1 Å². The van der Waals surface area contributed by atoms with Crippen LogP contribution in [0.5, 0.6) is 11.6 Å². The van der Waals surface area contributed by atoms with Crippen molar-refractivity contribution in [1.82, 2.24) is 4.57 Å². The zero-order valence-corrected chi connectivity index (χ0v) is 21.2. The highest BCUT2D eigenvalue weighted by Crippen LogP contribution is 2.44. The first kappa shape index (κ1) is 26.5. The van der Waals surface area contributed by atoms with Crippen molar-refractivity contribution in [3.05, 3.63) is 101 Å². The maximum absolute atomic E-state index is 13.4. The Bertz CT molecular complexity index is 1820. The number of phenols is 1. The third kappa shape index (κ3) is 4.75. The highest BCUT2D eigenvalue weighted by atomic mass is 19.4. The van der Waals surface area contributed by atoms with Gasteiger partial charge in [0.1, 0.15) is 5.69 Å². The van der Waals surface area contributed by atoms with Crippen molar-refractivity contribution in [2.75, 3.05) is 0 Å². The molecular formula is C30H22F3N3O4. The van der Waals surface area contributed by atoms with Gasteiger partial charge < -0.3 is 15.3 Å². The molecule has 0 amide bonds. The molecule has 0 saturated carbocycles. The molecule has 1 aromatic heterocycles. The molecule has 0 radical (unpaired) electrons. The number of azo groups is 1. The number of carbonyl (C=O) groups is 1. The van der Waals surface area contributed by atoms with Crippen molar-refractivity contribution in [2.24, 2.45) is 10.2 Å². The number of aromatic carboxylic acids is 1. The van der Waals surface area contributed by atoms with Gasteiger partial charge in [0, 0.05) is 16.6 Å². The lowest BCUT2D eigenvalue weighted by Crippen LogP contribution is -2.06. The summed E-state index contributed by atoms with van der Waals surface area (Å²) in [7, 11) is 0. The Morgan fingerprint density at radius 1 is 0.850 bits per heavy atom. The fraction of sp³-hybridized carbons (Fsp3) is 0.100. The van der Waals surface area contributed by atoms with E-state index in [2.05, 4.69) is 10.2 Å². The molecule has 7 nitrogen and oxygen atoms in total. The molecule has 1 heterocycles. The quantitative estimate of drug-likeness (QED) is 0.193. The van der Waals surface area contributed by atoms with E-state index in [1.54, 1.807) is 36.4 Å². The fourth-order valence-electron chi connectivity index (χ4n) is 4.47. The van der Waals surface area contributed by atoms with Gasteiger partial charge in [-0.25, -0.2) is 4.79 Å². The molecule has 40 heavy (non-hydrogen) atoms. The topological polar surface area (TPSA) is 107 Å². The van der Waals surface area contributed by atoms with Crippen LogP contribution in [0.4, 0.5) is 24.5 Å². The minimum Gasteiger partial charge on any atom is -0.505 e. The first-order chi connectivity index (χ1) is 19.0. The van der Waals surface area contributed by atoms with Crippen LogP contribution in [0.1, 0.15) is 27.0 Å². The van der Waals surface area contributed by atoms with Crippen molar-refractivity contribution in [3.63, 3.8) is 0 Å². The van der Waals surface area contributed by atoms with Crippen LogP contribution in [-0.4, -0.2) is 25.9 Å². The monoisotopic (exact) mass is 545 g/mol. The van der Waals surface area contributed by atoms with E-state index in [1.165, 1.54) is 34.9 Å². The molecule has 0 aliphatic rings. The van der Waals surface area contributed by atoms with Crippen LogP contribution in [0.2, 0.25) is 0 Å². The van der Waals surface area contributed by atoms with E-state index >= 15 is 0 Å². The minimum absolute atomic E-state index is 0.00758. The standard InChI is InChI=1S/C30H22F3N3O4/c1-16-12-23-25(13-17(16)2)36(21-9-4-8-20(15-21)30(31,32)33)28(38)26(23)35-34-24-11-5-10-22(27(24)37)18-6-3-7-19(14-18)29(39)40/h3-15,37-38H,1-2H3,(H,39,40). The molecule has 4 aromatic carbocycles. The summed E-state index contributed by atoms with van der Waals surface area (Å²) in [6.07, 6.45) is -4.57. The second-order valence-corrected chi connectivity index (χ2v) is 9.27. The van der Waals surface area contributed by atoms with Gasteiger partial charge in [0.2, 0.25) is 5.88 Å². The molecule has 0 spiro atoms. The molecule has 0 unspecified atom stereocenters. The maximum Gasteiger partial charge on any atom is 0.416 e. The molecule has 0 saturated heterocycles. The predicted octanol–water partition coefficient (Wildman–Crippen LogP) is 8.46. The third-order valence-corrected chi connectivity index (χ3v) is 6.66. The summed E-state index contributed by atoms with van der Waals surface area (Å²) in [4.78, 5) is 11.4. The largest absolute Gasteiger partial charge is 0.505 e. The smallest absolute Gasteiger partial charge is 0.416 e. The lowest BCUT2D eigenvalue weighted by molar-refractivity contribution is -0.137. The number of halogens is 3. The van der Waals surface area contributed by atoms with E-state index in [1.807, 2.05) is 13.8 Å². The summed E-state index contributed by atoms with van der Waals surface area (Å²) in [6.45, 7) is 3.70. The van der Waals surface area contributed by atoms with E-state index < -0.39 is 23.6 Å². The van der Waals surface area contributed by atoms with Gasteiger partial charge in [-0.15, -0.1) is 10.2 Å². The first-order valence-corrected chi connectivity index (χ1v) is 12.1. The molecule has 0 atom stereocenters. The Labute approximate surface area is 226 Å². The highest BCUT2D eigenvalue weighted by molar-refractivity contribution is 5.97. The fourth-order valence-corrected chi connectivity index (χ4v) is 4.47. The number of carboxylic acids is 1. The predicted molar refractivity (Wildman–Crippen MR) is 144 cm³/mol. The average Bonchev–Trinajstić information content (AvgIpc) is 3.17. The van der Waals surface area contributed by atoms with Crippen LogP contribution in [0, 0.1) is 13.8 Å². The second kappa shape index (κ2) is 9.88. The Morgan fingerprint density at radius 2 is 1.55 bits per heavy atom. The number of carboxylic acid groups (broad SMARTS) is 1. The van der Waals surface area contributed by atoms with Crippen molar-refractivity contribution in [3.8, 4) is 28.4 Å². The zero-order chi connectivity index (χ0) is 28.8. The number of aryl methyl sites for hydroxylation is 2. The number of rotatable bonds is 5. The summed E-state index contributed by atoms with van der Waals surface area (Å²) < 4.78 is 41.6. The molecule has 0 aliphatic heterocycles. The van der Waals surface area contributed by atoms with E-state index in [0.717, 1.165) is 23.3 Å². The summed E-state index contributed by atoms with van der Waals surface area (Å²) in [5.74, 6) is -1.80. The van der Waals surface area contributed by atoms with Crippen LogP contribution in [0.3, 0.4) is 0 Å². The van der Waals surface area contributed by atoms with Gasteiger partial charge in [0.15, 0.2) is 11.4 Å². The summed E-state index contributed by atoms with van der Waals surface area (Å²) in [5.41, 5.74) is 2.24. The Kier molecular flexibility index (Phi) is 6.54. The van der Waals surface area contributed by atoms with Crippen molar-refractivity contribution >= 4 is 28.2 Å². The first-order valence-electron chi connectivity index (χ1n) is 12.1. The molecule has 0 aliphatic carbocycles. The van der Waals surface area contributed by atoms with Gasteiger partial charge >= 0.3 is 12.1 Å². The maximum atomic E-state index is 13.4. The van der Waals surface area contributed by atoms with Crippen LogP contribution in [-0.2, 0) is 6.18 Å².